The van der Waals surface area contributed by atoms with Gasteiger partial charge in [-0.15, -0.1) is 10.2 Å². The molecule has 1 aromatic heterocycles. The minimum atomic E-state index is -4.12. The number of rotatable bonds is 3. The molecular weight excluding hydrogens is 370 g/mol. The van der Waals surface area contributed by atoms with E-state index in [1.165, 1.54) is 4.57 Å². The van der Waals surface area contributed by atoms with Gasteiger partial charge in [0.05, 0.1) is 5.56 Å². The van der Waals surface area contributed by atoms with E-state index < -0.39 is 32.4 Å². The van der Waals surface area contributed by atoms with E-state index in [4.69, 9.17) is 5.14 Å². The highest BCUT2D eigenvalue weighted by atomic mass is 79.9. The number of benzene rings is 1. The van der Waals surface area contributed by atoms with Crippen LogP contribution in [-0.4, -0.2) is 23.2 Å². The molecule has 2 N–H and O–H groups in total. The van der Waals surface area contributed by atoms with Gasteiger partial charge in [0.2, 0.25) is 0 Å². The molecule has 2 aromatic rings. The summed E-state index contributed by atoms with van der Waals surface area (Å²) in [6.07, 6.45) is 1.35. The minimum Gasteiger partial charge on any atom is -0.293 e. The van der Waals surface area contributed by atoms with Crippen LogP contribution in [0, 0.1) is 11.6 Å². The summed E-state index contributed by atoms with van der Waals surface area (Å²) in [5.41, 5.74) is -0.424. The fourth-order valence-corrected chi connectivity index (χ4v) is 3.13. The van der Waals surface area contributed by atoms with Crippen molar-refractivity contribution in [2.24, 2.45) is 5.14 Å². The molecule has 1 saturated carbocycles. The summed E-state index contributed by atoms with van der Waals surface area (Å²) in [6, 6.07) is 1.92. The average Bonchev–Trinajstić information content (AvgIpc) is 3.07. The Bertz CT molecular complexity index is 810. The molecule has 1 aromatic carbocycles. The van der Waals surface area contributed by atoms with Crippen LogP contribution in [0.15, 0.2) is 21.8 Å². The zero-order chi connectivity index (χ0) is 15.4. The molecular formula is C11H9BrF2N4O2S. The Hall–Kier alpha value is -1.39. The first-order valence-corrected chi connectivity index (χ1v) is 8.25. The summed E-state index contributed by atoms with van der Waals surface area (Å²) in [5, 5.41) is 11.7. The van der Waals surface area contributed by atoms with Crippen LogP contribution >= 0.6 is 15.9 Å². The zero-order valence-electron chi connectivity index (χ0n) is 10.4. The van der Waals surface area contributed by atoms with Gasteiger partial charge in [0.25, 0.3) is 15.2 Å². The van der Waals surface area contributed by atoms with E-state index in [0.717, 1.165) is 12.1 Å². The topological polar surface area (TPSA) is 90.9 Å². The predicted octanol–water partition coefficient (Wildman–Crippen LogP) is 1.97. The summed E-state index contributed by atoms with van der Waals surface area (Å²) in [4.78, 5) is 0. The van der Waals surface area contributed by atoms with E-state index in [1.54, 1.807) is 0 Å². The highest BCUT2D eigenvalue weighted by molar-refractivity contribution is 9.10. The smallest absolute Gasteiger partial charge is 0.273 e. The number of aromatic nitrogens is 3. The summed E-state index contributed by atoms with van der Waals surface area (Å²) in [6.45, 7) is 0. The lowest BCUT2D eigenvalue weighted by Gasteiger charge is -2.09. The fourth-order valence-electron chi connectivity index (χ4n) is 2.06. The van der Waals surface area contributed by atoms with Crippen LogP contribution < -0.4 is 5.14 Å². The van der Waals surface area contributed by atoms with Crippen molar-refractivity contribution >= 4 is 26.0 Å². The Morgan fingerprint density at radius 3 is 2.29 bits per heavy atom. The number of halogens is 3. The second-order valence-electron chi connectivity index (χ2n) is 4.70. The number of sulfonamides is 1. The molecule has 0 radical (unpaired) electrons. The molecule has 112 valence electrons. The van der Waals surface area contributed by atoms with Gasteiger partial charge < -0.3 is 0 Å². The molecule has 0 spiro atoms. The van der Waals surface area contributed by atoms with Gasteiger partial charge in [-0.05, 0) is 25.0 Å². The van der Waals surface area contributed by atoms with Crippen LogP contribution in [0.2, 0.25) is 0 Å². The van der Waals surface area contributed by atoms with Crippen LogP contribution in [0.25, 0.3) is 11.4 Å². The molecule has 0 aliphatic heterocycles. The third-order valence-electron chi connectivity index (χ3n) is 3.06. The maximum absolute atomic E-state index is 14.0. The van der Waals surface area contributed by atoms with E-state index in [0.29, 0.717) is 12.8 Å². The minimum absolute atomic E-state index is 0.177. The van der Waals surface area contributed by atoms with Crippen LogP contribution in [0.5, 0.6) is 0 Å². The monoisotopic (exact) mass is 378 g/mol. The maximum atomic E-state index is 14.0. The van der Waals surface area contributed by atoms with Crippen molar-refractivity contribution in [2.45, 2.75) is 24.0 Å². The van der Waals surface area contributed by atoms with Gasteiger partial charge in [0.1, 0.15) is 11.6 Å². The lowest BCUT2D eigenvalue weighted by Crippen LogP contribution is -2.18. The summed E-state index contributed by atoms with van der Waals surface area (Å²) < 4.78 is 52.5. The molecule has 0 bridgehead atoms. The molecule has 6 nitrogen and oxygen atoms in total. The summed E-state index contributed by atoms with van der Waals surface area (Å²) in [7, 11) is -4.12. The lowest BCUT2D eigenvalue weighted by molar-refractivity contribution is 0.561. The Kier molecular flexibility index (Phi) is 3.34. The number of nitrogens with two attached hydrogens (primary N) is 1. The SMILES string of the molecule is NS(=O)(=O)c1nnc(-c2c(F)cc(Br)cc2F)n1C1CC1. The van der Waals surface area contributed by atoms with E-state index in [2.05, 4.69) is 26.1 Å². The van der Waals surface area contributed by atoms with E-state index in [1.807, 2.05) is 0 Å². The second-order valence-corrected chi connectivity index (χ2v) is 7.07. The van der Waals surface area contributed by atoms with Gasteiger partial charge in [0.15, 0.2) is 5.82 Å². The predicted molar refractivity (Wildman–Crippen MR) is 72.7 cm³/mol. The van der Waals surface area contributed by atoms with Crippen LogP contribution in [0.3, 0.4) is 0 Å². The number of primary sulfonamides is 1. The highest BCUT2D eigenvalue weighted by Crippen LogP contribution is 2.40. The quantitative estimate of drug-likeness (QED) is 0.883. The normalized spacial score (nSPS) is 15.4. The Balaban J connectivity index is 2.28. The first-order valence-electron chi connectivity index (χ1n) is 5.91. The van der Waals surface area contributed by atoms with Gasteiger partial charge in [-0.2, -0.15) is 0 Å². The molecule has 1 aliphatic rings. The molecule has 3 rings (SSSR count). The van der Waals surface area contributed by atoms with Crippen LogP contribution in [0.1, 0.15) is 18.9 Å². The van der Waals surface area contributed by atoms with Gasteiger partial charge >= 0.3 is 0 Å². The highest BCUT2D eigenvalue weighted by Gasteiger charge is 2.35. The maximum Gasteiger partial charge on any atom is 0.273 e. The molecule has 21 heavy (non-hydrogen) atoms. The average molecular weight is 379 g/mol. The van der Waals surface area contributed by atoms with Gasteiger partial charge in [0, 0.05) is 10.5 Å². The molecule has 1 heterocycles. The van der Waals surface area contributed by atoms with Crippen molar-refractivity contribution < 1.29 is 17.2 Å². The van der Waals surface area contributed by atoms with Crippen molar-refractivity contribution in [1.82, 2.24) is 14.8 Å². The van der Waals surface area contributed by atoms with E-state index in [9.17, 15) is 17.2 Å². The van der Waals surface area contributed by atoms with Gasteiger partial charge in [-0.3, -0.25) is 4.57 Å². The first-order chi connectivity index (χ1) is 9.79. The van der Waals surface area contributed by atoms with Crippen molar-refractivity contribution in [1.29, 1.82) is 0 Å². The summed E-state index contributed by atoms with van der Waals surface area (Å²) >= 11 is 2.98. The molecule has 0 unspecified atom stereocenters. The van der Waals surface area contributed by atoms with E-state index >= 15 is 0 Å². The Labute approximate surface area is 127 Å². The zero-order valence-corrected chi connectivity index (χ0v) is 12.8. The number of nitrogens with zero attached hydrogens (tertiary/aromatic N) is 3. The van der Waals surface area contributed by atoms with Gasteiger partial charge in [-0.25, -0.2) is 22.3 Å². The van der Waals surface area contributed by atoms with E-state index in [-0.39, 0.29) is 16.3 Å². The lowest BCUT2D eigenvalue weighted by atomic mass is 10.2. The molecule has 10 heteroatoms. The third-order valence-corrected chi connectivity index (χ3v) is 4.31. The molecule has 0 amide bonds. The second kappa shape index (κ2) is 4.82. The van der Waals surface area contributed by atoms with Crippen LogP contribution in [-0.2, 0) is 10.0 Å². The fraction of sp³-hybridized carbons (Fsp3) is 0.273. The Morgan fingerprint density at radius 1 is 1.24 bits per heavy atom. The Morgan fingerprint density at radius 2 is 1.81 bits per heavy atom. The van der Waals surface area contributed by atoms with Crippen LogP contribution in [0.4, 0.5) is 8.78 Å². The van der Waals surface area contributed by atoms with Crippen molar-refractivity contribution in [3.05, 3.63) is 28.2 Å². The molecule has 0 atom stereocenters. The molecule has 0 saturated heterocycles. The van der Waals surface area contributed by atoms with Gasteiger partial charge in [-0.1, -0.05) is 15.9 Å². The standard InChI is InChI=1S/C11H9BrF2N4O2S/c12-5-3-7(13)9(8(14)4-5)10-16-17-11(21(15,19)20)18(10)6-1-2-6/h3-4,6H,1-2H2,(H2,15,19,20). The van der Waals surface area contributed by atoms with Crippen molar-refractivity contribution in [3.8, 4) is 11.4 Å². The largest absolute Gasteiger partial charge is 0.293 e. The number of hydrogen-bond acceptors (Lipinski definition) is 4. The van der Waals surface area contributed by atoms with Crippen molar-refractivity contribution in [3.63, 3.8) is 0 Å². The molecule has 1 aliphatic carbocycles. The third kappa shape index (κ3) is 2.58. The first kappa shape index (κ1) is 14.5. The number of hydrogen-bond donors (Lipinski definition) is 1. The summed E-state index contributed by atoms with van der Waals surface area (Å²) in [5.74, 6) is -1.90. The molecule has 1 fully saturated rings. The van der Waals surface area contributed by atoms with Crippen molar-refractivity contribution in [2.75, 3.05) is 0 Å².